The minimum Gasteiger partial charge on any atom is -0.369 e. The zero-order valence-corrected chi connectivity index (χ0v) is 12.4. The maximum atomic E-state index is 12.3. The van der Waals surface area contributed by atoms with Gasteiger partial charge in [-0.15, -0.1) is 0 Å². The van der Waals surface area contributed by atoms with Crippen LogP contribution in [-0.2, 0) is 12.8 Å². The molecule has 0 fully saturated rings. The molecule has 3 rings (SSSR count). The van der Waals surface area contributed by atoms with E-state index in [2.05, 4.69) is 27.8 Å². The van der Waals surface area contributed by atoms with Gasteiger partial charge >= 0.3 is 0 Å². The molecule has 0 atom stereocenters. The second-order valence-corrected chi connectivity index (χ2v) is 5.49. The predicted octanol–water partition coefficient (Wildman–Crippen LogP) is 1.35. The van der Waals surface area contributed by atoms with Gasteiger partial charge in [0.1, 0.15) is 5.82 Å². The van der Waals surface area contributed by atoms with E-state index in [0.717, 1.165) is 18.7 Å². The Morgan fingerprint density at radius 1 is 1.18 bits per heavy atom. The molecule has 5 heteroatoms. The molecular formula is C17H20N4O. The van der Waals surface area contributed by atoms with Crippen LogP contribution in [0.15, 0.2) is 42.6 Å². The summed E-state index contributed by atoms with van der Waals surface area (Å²) >= 11 is 0. The number of benzene rings is 1. The maximum Gasteiger partial charge on any atom is 0.253 e. The van der Waals surface area contributed by atoms with Crippen molar-refractivity contribution in [2.24, 2.45) is 5.73 Å². The lowest BCUT2D eigenvalue weighted by Crippen LogP contribution is -2.35. The third-order valence-electron chi connectivity index (χ3n) is 3.86. The van der Waals surface area contributed by atoms with E-state index in [1.54, 1.807) is 18.3 Å². The molecule has 1 amide bonds. The number of pyridine rings is 1. The van der Waals surface area contributed by atoms with Crippen molar-refractivity contribution in [2.75, 3.05) is 18.4 Å². The van der Waals surface area contributed by atoms with Crippen molar-refractivity contribution in [3.63, 3.8) is 0 Å². The average Bonchev–Trinajstić information content (AvgIpc) is 2.95. The number of hydrogen-bond acceptors (Lipinski definition) is 4. The van der Waals surface area contributed by atoms with Crippen LogP contribution in [0, 0.1) is 0 Å². The van der Waals surface area contributed by atoms with Crippen LogP contribution in [0.3, 0.4) is 0 Å². The fraction of sp³-hybridized carbons (Fsp3) is 0.294. The summed E-state index contributed by atoms with van der Waals surface area (Å²) in [4.78, 5) is 16.5. The first-order valence-corrected chi connectivity index (χ1v) is 7.54. The van der Waals surface area contributed by atoms with E-state index in [4.69, 9.17) is 5.73 Å². The summed E-state index contributed by atoms with van der Waals surface area (Å²) in [6.07, 6.45) is 3.38. The van der Waals surface area contributed by atoms with Gasteiger partial charge in [0.05, 0.1) is 5.56 Å². The standard InChI is InChI=1S/C17H20N4O/c18-7-8-19-16-6-5-14(11-20-16)17(22)21-15-9-12-3-1-2-4-13(12)10-15/h1-6,11,15H,7-10,18H2,(H,19,20)(H,21,22). The van der Waals surface area contributed by atoms with Crippen LogP contribution in [0.2, 0.25) is 0 Å². The van der Waals surface area contributed by atoms with E-state index in [9.17, 15) is 4.79 Å². The van der Waals surface area contributed by atoms with Gasteiger partial charge in [0.15, 0.2) is 0 Å². The number of carbonyl (C=O) groups is 1. The molecular weight excluding hydrogens is 276 g/mol. The van der Waals surface area contributed by atoms with Gasteiger partial charge < -0.3 is 16.4 Å². The van der Waals surface area contributed by atoms with Crippen LogP contribution in [0.25, 0.3) is 0 Å². The largest absolute Gasteiger partial charge is 0.369 e. The lowest BCUT2D eigenvalue weighted by molar-refractivity contribution is 0.0938. The Labute approximate surface area is 129 Å². The molecule has 4 N–H and O–H groups in total. The molecule has 5 nitrogen and oxygen atoms in total. The number of carbonyl (C=O) groups excluding carboxylic acids is 1. The molecule has 1 aromatic heterocycles. The lowest BCUT2D eigenvalue weighted by atomic mass is 10.1. The second-order valence-electron chi connectivity index (χ2n) is 5.49. The van der Waals surface area contributed by atoms with Gasteiger partial charge in [0.2, 0.25) is 0 Å². The topological polar surface area (TPSA) is 80.0 Å². The number of hydrogen-bond donors (Lipinski definition) is 3. The van der Waals surface area contributed by atoms with Gasteiger partial charge in [-0.2, -0.15) is 0 Å². The summed E-state index contributed by atoms with van der Waals surface area (Å²) in [5, 5.41) is 6.16. The van der Waals surface area contributed by atoms with Crippen LogP contribution in [-0.4, -0.2) is 30.0 Å². The first-order valence-electron chi connectivity index (χ1n) is 7.54. The second kappa shape index (κ2) is 6.58. The number of aromatic nitrogens is 1. The molecule has 1 aromatic carbocycles. The van der Waals surface area contributed by atoms with E-state index in [0.29, 0.717) is 18.7 Å². The molecule has 1 heterocycles. The van der Waals surface area contributed by atoms with Crippen LogP contribution >= 0.6 is 0 Å². The molecule has 0 aliphatic heterocycles. The fourth-order valence-electron chi connectivity index (χ4n) is 2.76. The highest BCUT2D eigenvalue weighted by molar-refractivity contribution is 5.94. The van der Waals surface area contributed by atoms with Gasteiger partial charge in [-0.1, -0.05) is 24.3 Å². The summed E-state index contributed by atoms with van der Waals surface area (Å²) < 4.78 is 0. The van der Waals surface area contributed by atoms with Gasteiger partial charge in [0, 0.05) is 25.3 Å². The predicted molar refractivity (Wildman–Crippen MR) is 86.9 cm³/mol. The Kier molecular flexibility index (Phi) is 4.34. The molecule has 0 unspecified atom stereocenters. The van der Waals surface area contributed by atoms with Crippen molar-refractivity contribution < 1.29 is 4.79 Å². The number of nitrogens with one attached hydrogen (secondary N) is 2. The monoisotopic (exact) mass is 296 g/mol. The molecule has 0 radical (unpaired) electrons. The van der Waals surface area contributed by atoms with E-state index < -0.39 is 0 Å². The molecule has 22 heavy (non-hydrogen) atoms. The van der Waals surface area contributed by atoms with Crippen LogP contribution in [0.1, 0.15) is 21.5 Å². The van der Waals surface area contributed by atoms with Crippen molar-refractivity contribution >= 4 is 11.7 Å². The SMILES string of the molecule is NCCNc1ccc(C(=O)NC2Cc3ccccc3C2)cn1. The van der Waals surface area contributed by atoms with E-state index in [1.807, 2.05) is 12.1 Å². The summed E-state index contributed by atoms with van der Waals surface area (Å²) in [7, 11) is 0. The zero-order chi connectivity index (χ0) is 15.4. The summed E-state index contributed by atoms with van der Waals surface area (Å²) in [5.41, 5.74) is 8.66. The molecule has 114 valence electrons. The van der Waals surface area contributed by atoms with Crippen LogP contribution < -0.4 is 16.4 Å². The minimum absolute atomic E-state index is 0.0734. The zero-order valence-electron chi connectivity index (χ0n) is 12.4. The van der Waals surface area contributed by atoms with Crippen LogP contribution in [0.4, 0.5) is 5.82 Å². The van der Waals surface area contributed by atoms with Crippen molar-refractivity contribution in [3.05, 3.63) is 59.3 Å². The molecule has 0 bridgehead atoms. The molecule has 1 aliphatic rings. The quantitative estimate of drug-likeness (QED) is 0.778. The van der Waals surface area contributed by atoms with Crippen molar-refractivity contribution in [1.82, 2.24) is 10.3 Å². The smallest absolute Gasteiger partial charge is 0.253 e. The van der Waals surface area contributed by atoms with Crippen molar-refractivity contribution in [1.29, 1.82) is 0 Å². The number of nitrogens with two attached hydrogens (primary N) is 1. The van der Waals surface area contributed by atoms with Crippen molar-refractivity contribution in [3.8, 4) is 0 Å². The highest BCUT2D eigenvalue weighted by Gasteiger charge is 2.22. The summed E-state index contributed by atoms with van der Waals surface area (Å²) in [6.45, 7) is 1.21. The fourth-order valence-corrected chi connectivity index (χ4v) is 2.76. The van der Waals surface area contributed by atoms with Gasteiger partial charge in [-0.3, -0.25) is 4.79 Å². The van der Waals surface area contributed by atoms with Gasteiger partial charge in [0.25, 0.3) is 5.91 Å². The normalized spacial score (nSPS) is 13.7. The molecule has 2 aromatic rings. The number of amides is 1. The number of fused-ring (bicyclic) bond motifs is 1. The minimum atomic E-state index is -0.0734. The molecule has 0 saturated heterocycles. The van der Waals surface area contributed by atoms with E-state index >= 15 is 0 Å². The number of rotatable bonds is 5. The highest BCUT2D eigenvalue weighted by Crippen LogP contribution is 2.21. The lowest BCUT2D eigenvalue weighted by Gasteiger charge is -2.12. The highest BCUT2D eigenvalue weighted by atomic mass is 16.1. The molecule has 0 saturated carbocycles. The van der Waals surface area contributed by atoms with E-state index in [-0.39, 0.29) is 11.9 Å². The Bertz CT molecular complexity index is 629. The number of anilines is 1. The average molecular weight is 296 g/mol. The first-order chi connectivity index (χ1) is 10.8. The maximum absolute atomic E-state index is 12.3. The summed E-state index contributed by atoms with van der Waals surface area (Å²) in [6, 6.07) is 12.1. The Balaban J connectivity index is 1.59. The molecule has 1 aliphatic carbocycles. The Morgan fingerprint density at radius 2 is 1.91 bits per heavy atom. The van der Waals surface area contributed by atoms with Gasteiger partial charge in [-0.25, -0.2) is 4.98 Å². The Hall–Kier alpha value is -2.40. The van der Waals surface area contributed by atoms with Crippen LogP contribution in [0.5, 0.6) is 0 Å². The van der Waals surface area contributed by atoms with E-state index in [1.165, 1.54) is 11.1 Å². The third kappa shape index (κ3) is 3.26. The Morgan fingerprint density at radius 3 is 2.50 bits per heavy atom. The molecule has 0 spiro atoms. The first kappa shape index (κ1) is 14.5. The van der Waals surface area contributed by atoms with Gasteiger partial charge in [-0.05, 0) is 36.1 Å². The third-order valence-corrected chi connectivity index (χ3v) is 3.86. The van der Waals surface area contributed by atoms with Crippen molar-refractivity contribution in [2.45, 2.75) is 18.9 Å². The number of nitrogens with zero attached hydrogens (tertiary/aromatic N) is 1. The summed E-state index contributed by atoms with van der Waals surface area (Å²) in [5.74, 6) is 0.658.